The van der Waals surface area contributed by atoms with Crippen LogP contribution in [0.4, 0.5) is 0 Å². The van der Waals surface area contributed by atoms with E-state index in [9.17, 15) is 9.59 Å². The number of amides is 2. The Morgan fingerprint density at radius 3 is 2.67 bits per heavy atom. The Morgan fingerprint density at radius 1 is 1.15 bits per heavy atom. The van der Waals surface area contributed by atoms with Gasteiger partial charge in [0.2, 0.25) is 5.91 Å². The summed E-state index contributed by atoms with van der Waals surface area (Å²) in [5, 5.41) is 3.03. The van der Waals surface area contributed by atoms with Crippen molar-refractivity contribution in [2.75, 3.05) is 20.2 Å². The summed E-state index contributed by atoms with van der Waals surface area (Å²) in [5.74, 6) is 0.589. The summed E-state index contributed by atoms with van der Waals surface area (Å²) in [6.45, 7) is 3.53. The van der Waals surface area contributed by atoms with E-state index in [4.69, 9.17) is 4.74 Å². The lowest BCUT2D eigenvalue weighted by atomic mass is 9.80. The first-order valence-electron chi connectivity index (χ1n) is 9.27. The van der Waals surface area contributed by atoms with Gasteiger partial charge in [0.15, 0.2) is 0 Å². The fourth-order valence-electron chi connectivity index (χ4n) is 3.53. The molecule has 0 aromatic heterocycles. The van der Waals surface area contributed by atoms with E-state index < -0.39 is 5.41 Å². The summed E-state index contributed by atoms with van der Waals surface area (Å²) in [6, 6.07) is 17.0. The van der Waals surface area contributed by atoms with Gasteiger partial charge in [-0.25, -0.2) is 0 Å². The van der Waals surface area contributed by atoms with E-state index in [1.807, 2.05) is 49.4 Å². The average molecular weight is 366 g/mol. The van der Waals surface area contributed by atoms with Crippen molar-refractivity contribution in [3.8, 4) is 5.75 Å². The van der Waals surface area contributed by atoms with Gasteiger partial charge in [-0.05, 0) is 43.5 Å². The largest absolute Gasteiger partial charge is 0.497 e. The Kier molecular flexibility index (Phi) is 5.79. The van der Waals surface area contributed by atoms with Crippen molar-refractivity contribution in [1.29, 1.82) is 0 Å². The lowest BCUT2D eigenvalue weighted by molar-refractivity contribution is -0.132. The fraction of sp³-hybridized carbons (Fsp3) is 0.364. The van der Waals surface area contributed by atoms with Crippen LogP contribution in [0, 0.1) is 5.41 Å². The number of nitrogens with zero attached hydrogens (tertiary/aromatic N) is 1. The molecule has 1 N–H and O–H groups in total. The van der Waals surface area contributed by atoms with Crippen molar-refractivity contribution < 1.29 is 14.3 Å². The van der Waals surface area contributed by atoms with Crippen molar-refractivity contribution in [3.63, 3.8) is 0 Å². The highest BCUT2D eigenvalue weighted by Gasteiger charge is 2.39. The lowest BCUT2D eigenvalue weighted by Crippen LogP contribution is -2.51. The Labute approximate surface area is 160 Å². The Morgan fingerprint density at radius 2 is 1.93 bits per heavy atom. The van der Waals surface area contributed by atoms with Gasteiger partial charge in [-0.15, -0.1) is 0 Å². The van der Waals surface area contributed by atoms with E-state index in [0.29, 0.717) is 30.9 Å². The third-order valence-corrected chi connectivity index (χ3v) is 5.14. The maximum Gasteiger partial charge on any atom is 0.254 e. The smallest absolute Gasteiger partial charge is 0.254 e. The number of piperidine rings is 1. The summed E-state index contributed by atoms with van der Waals surface area (Å²) < 4.78 is 5.21. The Balaban J connectivity index is 1.66. The molecule has 3 rings (SSSR count). The number of likely N-dealkylation sites (tertiary alicyclic amines) is 1. The third-order valence-electron chi connectivity index (χ3n) is 5.14. The highest BCUT2D eigenvalue weighted by molar-refractivity contribution is 5.95. The fourth-order valence-corrected chi connectivity index (χ4v) is 3.53. The minimum Gasteiger partial charge on any atom is -0.497 e. The molecule has 0 aliphatic carbocycles. The molecule has 1 atom stereocenters. The second-order valence-electron chi connectivity index (χ2n) is 7.29. The van der Waals surface area contributed by atoms with Gasteiger partial charge in [0.05, 0.1) is 12.5 Å². The molecule has 0 spiro atoms. The van der Waals surface area contributed by atoms with Gasteiger partial charge in [0.1, 0.15) is 5.75 Å². The van der Waals surface area contributed by atoms with Crippen LogP contribution in [0.2, 0.25) is 0 Å². The van der Waals surface area contributed by atoms with Crippen LogP contribution < -0.4 is 10.1 Å². The molecule has 5 nitrogen and oxygen atoms in total. The minimum atomic E-state index is -0.582. The van der Waals surface area contributed by atoms with E-state index in [0.717, 1.165) is 18.4 Å². The average Bonchev–Trinajstić information content (AvgIpc) is 2.72. The monoisotopic (exact) mass is 366 g/mol. The molecule has 0 radical (unpaired) electrons. The van der Waals surface area contributed by atoms with Gasteiger partial charge in [-0.3, -0.25) is 9.59 Å². The zero-order chi connectivity index (χ0) is 19.3. The summed E-state index contributed by atoms with van der Waals surface area (Å²) in [5.41, 5.74) is 1.07. The van der Waals surface area contributed by atoms with Crippen LogP contribution in [0.25, 0.3) is 0 Å². The molecule has 142 valence electrons. The SMILES string of the molecule is COc1cccc(C(=O)N2CCCC(C)(C(=O)NCc3ccccc3)C2)c1. The molecule has 1 heterocycles. The van der Waals surface area contributed by atoms with Crippen molar-refractivity contribution in [2.45, 2.75) is 26.3 Å². The third kappa shape index (κ3) is 4.48. The van der Waals surface area contributed by atoms with Gasteiger partial charge in [-0.1, -0.05) is 36.4 Å². The topological polar surface area (TPSA) is 58.6 Å². The number of methoxy groups -OCH3 is 1. The zero-order valence-corrected chi connectivity index (χ0v) is 15.9. The summed E-state index contributed by atoms with van der Waals surface area (Å²) >= 11 is 0. The molecular weight excluding hydrogens is 340 g/mol. The van der Waals surface area contributed by atoms with Crippen molar-refractivity contribution in [1.82, 2.24) is 10.2 Å². The van der Waals surface area contributed by atoms with E-state index in [1.54, 1.807) is 24.1 Å². The van der Waals surface area contributed by atoms with Gasteiger partial charge in [0, 0.05) is 25.2 Å². The second kappa shape index (κ2) is 8.25. The molecule has 27 heavy (non-hydrogen) atoms. The highest BCUT2D eigenvalue weighted by Crippen LogP contribution is 2.31. The Hall–Kier alpha value is -2.82. The van der Waals surface area contributed by atoms with Crippen LogP contribution >= 0.6 is 0 Å². The molecule has 1 saturated heterocycles. The number of carbonyl (C=O) groups is 2. The number of carbonyl (C=O) groups excluding carboxylic acids is 2. The summed E-state index contributed by atoms with van der Waals surface area (Å²) in [4.78, 5) is 27.5. The molecule has 2 aromatic rings. The van der Waals surface area contributed by atoms with Gasteiger partial charge < -0.3 is 15.0 Å². The van der Waals surface area contributed by atoms with Crippen LogP contribution in [0.15, 0.2) is 54.6 Å². The van der Waals surface area contributed by atoms with Crippen molar-refractivity contribution in [2.24, 2.45) is 5.41 Å². The van der Waals surface area contributed by atoms with Crippen LogP contribution in [-0.2, 0) is 11.3 Å². The predicted octanol–water partition coefficient (Wildman–Crippen LogP) is 3.25. The van der Waals surface area contributed by atoms with Gasteiger partial charge >= 0.3 is 0 Å². The summed E-state index contributed by atoms with van der Waals surface area (Å²) in [6.07, 6.45) is 1.58. The molecule has 0 saturated carbocycles. The highest BCUT2D eigenvalue weighted by atomic mass is 16.5. The number of rotatable bonds is 5. The molecule has 1 unspecified atom stereocenters. The van der Waals surface area contributed by atoms with Crippen LogP contribution in [0.5, 0.6) is 5.75 Å². The van der Waals surface area contributed by atoms with E-state index >= 15 is 0 Å². The lowest BCUT2D eigenvalue weighted by Gasteiger charge is -2.39. The minimum absolute atomic E-state index is 0.00510. The van der Waals surface area contributed by atoms with E-state index in [-0.39, 0.29) is 11.8 Å². The number of ether oxygens (including phenoxy) is 1. The molecule has 2 amide bonds. The Bertz CT molecular complexity index is 806. The van der Waals surface area contributed by atoms with Gasteiger partial charge in [0.25, 0.3) is 5.91 Å². The van der Waals surface area contributed by atoms with Crippen molar-refractivity contribution >= 4 is 11.8 Å². The normalized spacial score (nSPS) is 19.4. The quantitative estimate of drug-likeness (QED) is 0.884. The zero-order valence-electron chi connectivity index (χ0n) is 15.9. The first kappa shape index (κ1) is 19.0. The number of hydrogen-bond acceptors (Lipinski definition) is 3. The molecule has 1 fully saturated rings. The van der Waals surface area contributed by atoms with Crippen molar-refractivity contribution in [3.05, 3.63) is 65.7 Å². The first-order chi connectivity index (χ1) is 13.0. The van der Waals surface area contributed by atoms with Crippen LogP contribution in [0.1, 0.15) is 35.7 Å². The number of benzene rings is 2. The van der Waals surface area contributed by atoms with Crippen LogP contribution in [0.3, 0.4) is 0 Å². The van der Waals surface area contributed by atoms with Gasteiger partial charge in [-0.2, -0.15) is 0 Å². The maximum atomic E-state index is 12.9. The summed E-state index contributed by atoms with van der Waals surface area (Å²) in [7, 11) is 1.58. The maximum absolute atomic E-state index is 12.9. The molecule has 1 aliphatic heterocycles. The molecule has 5 heteroatoms. The van der Waals surface area contributed by atoms with Crippen LogP contribution in [-0.4, -0.2) is 36.9 Å². The molecule has 2 aromatic carbocycles. The predicted molar refractivity (Wildman–Crippen MR) is 105 cm³/mol. The second-order valence-corrected chi connectivity index (χ2v) is 7.29. The van der Waals surface area contributed by atoms with E-state index in [2.05, 4.69) is 5.32 Å². The number of nitrogens with one attached hydrogen (secondary N) is 1. The van der Waals surface area contributed by atoms with E-state index in [1.165, 1.54) is 0 Å². The molecule has 0 bridgehead atoms. The first-order valence-corrected chi connectivity index (χ1v) is 9.27. The molecule has 1 aliphatic rings. The molecular formula is C22H26N2O3. The standard InChI is InChI=1S/C22H26N2O3/c1-22(21(26)23-15-17-8-4-3-5-9-17)12-7-13-24(16-22)20(25)18-10-6-11-19(14-18)27-2/h3-6,8-11,14H,7,12-13,15-16H2,1-2H3,(H,23,26). The number of hydrogen-bond donors (Lipinski definition) is 1.